The summed E-state index contributed by atoms with van der Waals surface area (Å²) in [7, 11) is 6.10. The van der Waals surface area contributed by atoms with Crippen molar-refractivity contribution in [3.63, 3.8) is 0 Å². The molecule has 162 valence electrons. The minimum absolute atomic E-state index is 0.219. The van der Waals surface area contributed by atoms with Crippen LogP contribution in [0.3, 0.4) is 0 Å². The number of carbonyl (C=O) groups is 1. The fourth-order valence-corrected chi connectivity index (χ4v) is 4.45. The molecule has 2 heterocycles. The van der Waals surface area contributed by atoms with Gasteiger partial charge in [-0.15, -0.1) is 0 Å². The van der Waals surface area contributed by atoms with Gasteiger partial charge in [-0.25, -0.2) is 4.79 Å². The molecule has 4 aromatic rings. The van der Waals surface area contributed by atoms with E-state index in [-0.39, 0.29) is 12.2 Å². The third-order valence-electron chi connectivity index (χ3n) is 5.77. The summed E-state index contributed by atoms with van der Waals surface area (Å²) in [4.78, 5) is 30.6. The number of hydrogen-bond donors (Lipinski definition) is 0. The van der Waals surface area contributed by atoms with Crippen molar-refractivity contribution in [3.8, 4) is 0 Å². The molecule has 0 atom stereocenters. The molecule has 0 aliphatic heterocycles. The summed E-state index contributed by atoms with van der Waals surface area (Å²) in [6.45, 7) is 7.42. The molecule has 0 unspecified atom stereocenters. The van der Waals surface area contributed by atoms with Gasteiger partial charge in [0.05, 0.1) is 23.2 Å². The highest BCUT2D eigenvalue weighted by atomic mass is 16.5. The van der Waals surface area contributed by atoms with Gasteiger partial charge in [0.25, 0.3) is 5.56 Å². The highest BCUT2D eigenvalue weighted by molar-refractivity contribution is 6.21. The molecule has 7 heteroatoms. The molecule has 7 nitrogen and oxygen atoms in total. The lowest BCUT2D eigenvalue weighted by atomic mass is 9.95. The van der Waals surface area contributed by atoms with E-state index in [4.69, 9.17) is 4.74 Å². The largest absolute Gasteiger partial charge is 0.462 e. The zero-order valence-corrected chi connectivity index (χ0v) is 18.9. The van der Waals surface area contributed by atoms with Gasteiger partial charge in [0, 0.05) is 42.0 Å². The summed E-state index contributed by atoms with van der Waals surface area (Å²) < 4.78 is 6.64. The van der Waals surface area contributed by atoms with Crippen LogP contribution in [0, 0.1) is 6.92 Å². The Kier molecular flexibility index (Phi) is 5.31. The lowest BCUT2D eigenvalue weighted by Crippen LogP contribution is -2.22. The van der Waals surface area contributed by atoms with E-state index in [2.05, 4.69) is 34.9 Å². The molecule has 2 aromatic heterocycles. The van der Waals surface area contributed by atoms with E-state index in [0.717, 1.165) is 34.0 Å². The minimum Gasteiger partial charge on any atom is -0.462 e. The number of rotatable bonds is 6. The van der Waals surface area contributed by atoms with Gasteiger partial charge in [0.2, 0.25) is 0 Å². The predicted molar refractivity (Wildman–Crippen MR) is 125 cm³/mol. The van der Waals surface area contributed by atoms with Crippen LogP contribution in [-0.2, 0) is 11.3 Å². The van der Waals surface area contributed by atoms with E-state index in [1.54, 1.807) is 13.8 Å². The van der Waals surface area contributed by atoms with Gasteiger partial charge in [-0.2, -0.15) is 9.61 Å². The molecule has 0 saturated carbocycles. The number of hydrogen-bond acceptors (Lipinski definition) is 6. The molecular weight excluding hydrogens is 392 g/mol. The highest BCUT2D eigenvalue weighted by Gasteiger charge is 2.25. The molecule has 0 aliphatic rings. The van der Waals surface area contributed by atoms with Crippen molar-refractivity contribution in [1.29, 1.82) is 0 Å². The fraction of sp³-hybridized carbons (Fsp3) is 0.375. The molecule has 31 heavy (non-hydrogen) atoms. The molecule has 0 fully saturated rings. The first-order valence-corrected chi connectivity index (χ1v) is 10.6. The lowest BCUT2D eigenvalue weighted by molar-refractivity contribution is 0.0528. The maximum atomic E-state index is 13.6. The monoisotopic (exact) mass is 420 g/mol. The number of benzene rings is 2. The molecule has 0 spiro atoms. The number of esters is 1. The van der Waals surface area contributed by atoms with Gasteiger partial charge >= 0.3 is 5.97 Å². The highest BCUT2D eigenvalue weighted by Crippen LogP contribution is 2.38. The summed E-state index contributed by atoms with van der Waals surface area (Å²) in [6, 6.07) is 7.97. The van der Waals surface area contributed by atoms with Crippen LogP contribution in [-0.4, -0.2) is 54.8 Å². The van der Waals surface area contributed by atoms with Crippen LogP contribution in [0.4, 0.5) is 5.69 Å². The molecule has 0 amide bonds. The number of aryl methyl sites for hydroxylation is 1. The Morgan fingerprint density at radius 2 is 1.84 bits per heavy atom. The van der Waals surface area contributed by atoms with Gasteiger partial charge in [-0.3, -0.25) is 4.79 Å². The fourth-order valence-electron chi connectivity index (χ4n) is 4.45. The summed E-state index contributed by atoms with van der Waals surface area (Å²) in [5.41, 5.74) is 3.34. The van der Waals surface area contributed by atoms with E-state index in [9.17, 15) is 9.59 Å². The van der Waals surface area contributed by atoms with Crippen molar-refractivity contribution < 1.29 is 9.53 Å². The molecule has 0 radical (unpaired) electrons. The van der Waals surface area contributed by atoms with Crippen molar-refractivity contribution in [3.05, 3.63) is 51.4 Å². The van der Waals surface area contributed by atoms with Crippen molar-refractivity contribution >= 4 is 38.7 Å². The number of anilines is 1. The van der Waals surface area contributed by atoms with Crippen molar-refractivity contribution in [2.75, 3.05) is 39.2 Å². The molecule has 2 aromatic carbocycles. The lowest BCUT2D eigenvalue weighted by Gasteiger charge is -2.25. The number of pyridine rings is 1. The summed E-state index contributed by atoms with van der Waals surface area (Å²) in [6.07, 6.45) is 0. The maximum absolute atomic E-state index is 13.6. The number of ether oxygens (including phenoxy) is 1. The van der Waals surface area contributed by atoms with Crippen LogP contribution in [0.15, 0.2) is 29.1 Å². The molecule has 0 aliphatic carbocycles. The first kappa shape index (κ1) is 21.1. The van der Waals surface area contributed by atoms with Crippen LogP contribution in [0.5, 0.6) is 0 Å². The van der Waals surface area contributed by atoms with Crippen LogP contribution in [0.1, 0.15) is 35.5 Å². The standard InChI is InChI=1S/C24H28N4O3/c1-7-27(6)21-15(13-26(4)5)12-18-20-16(21)10-9-11-17(20)22-19(24(30)31-8-2)14(3)25-28(22)23(18)29/h9-12H,7-8,13H2,1-6H3. The second kappa shape index (κ2) is 7.81. The van der Waals surface area contributed by atoms with Crippen molar-refractivity contribution in [1.82, 2.24) is 14.5 Å². The van der Waals surface area contributed by atoms with E-state index in [1.807, 2.05) is 32.3 Å². The Bertz CT molecular complexity index is 1360. The van der Waals surface area contributed by atoms with Gasteiger partial charge < -0.3 is 14.5 Å². The van der Waals surface area contributed by atoms with Gasteiger partial charge in [0.1, 0.15) is 5.56 Å². The predicted octanol–water partition coefficient (Wildman–Crippen LogP) is 3.44. The number of aromatic nitrogens is 2. The third kappa shape index (κ3) is 3.20. The Balaban J connectivity index is 2.23. The van der Waals surface area contributed by atoms with E-state index >= 15 is 0 Å². The quantitative estimate of drug-likeness (QED) is 0.445. The Hall–Kier alpha value is -3.19. The van der Waals surface area contributed by atoms with E-state index in [0.29, 0.717) is 28.7 Å². The first-order valence-electron chi connectivity index (χ1n) is 10.6. The van der Waals surface area contributed by atoms with Crippen LogP contribution >= 0.6 is 0 Å². The third-order valence-corrected chi connectivity index (χ3v) is 5.77. The Morgan fingerprint density at radius 3 is 2.48 bits per heavy atom. The van der Waals surface area contributed by atoms with Gasteiger partial charge in [-0.05, 0) is 46.5 Å². The number of carbonyl (C=O) groups excluding carboxylic acids is 1. The SMILES string of the molecule is CCOC(=O)c1c(C)nn2c(=O)c3cc(CN(C)C)c(N(C)CC)c4cccc(c43)c12. The van der Waals surface area contributed by atoms with Crippen molar-refractivity contribution in [2.24, 2.45) is 0 Å². The topological polar surface area (TPSA) is 67.1 Å². The van der Waals surface area contributed by atoms with Crippen LogP contribution in [0.2, 0.25) is 0 Å². The maximum Gasteiger partial charge on any atom is 0.342 e. The van der Waals surface area contributed by atoms with Crippen molar-refractivity contribution in [2.45, 2.75) is 27.3 Å². The minimum atomic E-state index is -0.454. The average Bonchev–Trinajstić information content (AvgIpc) is 3.08. The Labute approximate surface area is 181 Å². The second-order valence-electron chi connectivity index (χ2n) is 8.16. The molecule has 0 N–H and O–H groups in total. The molecule has 4 rings (SSSR count). The number of nitrogens with zero attached hydrogens (tertiary/aromatic N) is 4. The summed E-state index contributed by atoms with van der Waals surface area (Å²) in [5.74, 6) is -0.454. The number of fused-ring (bicyclic) bond motifs is 2. The molecule has 0 saturated heterocycles. The Morgan fingerprint density at radius 1 is 1.13 bits per heavy atom. The van der Waals surface area contributed by atoms with Crippen LogP contribution < -0.4 is 10.5 Å². The van der Waals surface area contributed by atoms with Crippen LogP contribution in [0.25, 0.3) is 27.1 Å². The van der Waals surface area contributed by atoms with Gasteiger partial charge in [-0.1, -0.05) is 18.2 Å². The van der Waals surface area contributed by atoms with Gasteiger partial charge in [0.15, 0.2) is 0 Å². The first-order chi connectivity index (χ1) is 14.8. The average molecular weight is 421 g/mol. The second-order valence-corrected chi connectivity index (χ2v) is 8.16. The van der Waals surface area contributed by atoms with E-state index < -0.39 is 5.97 Å². The normalized spacial score (nSPS) is 11.8. The van der Waals surface area contributed by atoms with E-state index in [1.165, 1.54) is 4.52 Å². The summed E-state index contributed by atoms with van der Waals surface area (Å²) >= 11 is 0. The zero-order chi connectivity index (χ0) is 22.4. The zero-order valence-electron chi connectivity index (χ0n) is 18.9. The molecule has 0 bridgehead atoms. The molecular formula is C24H28N4O3. The summed E-state index contributed by atoms with van der Waals surface area (Å²) in [5, 5.41) is 7.74. The smallest absolute Gasteiger partial charge is 0.342 e.